The van der Waals surface area contributed by atoms with Crippen LogP contribution in [0.15, 0.2) is 23.4 Å². The van der Waals surface area contributed by atoms with E-state index in [4.69, 9.17) is 0 Å². The molecule has 0 aliphatic heterocycles. The number of aromatic nitrogens is 2. The molecule has 2 saturated carbocycles. The fourth-order valence-electron chi connectivity index (χ4n) is 5.39. The molecule has 4 rings (SSSR count). The van der Waals surface area contributed by atoms with E-state index >= 15 is 0 Å². The topological polar surface area (TPSA) is 81.1 Å². The van der Waals surface area contributed by atoms with Crippen LogP contribution in [0, 0.1) is 43.2 Å². The first-order valence-corrected chi connectivity index (χ1v) is 12.2. The lowest BCUT2D eigenvalue weighted by Gasteiger charge is -2.30. The van der Waals surface area contributed by atoms with E-state index in [1.807, 2.05) is 13.8 Å². The molecule has 9 heteroatoms. The smallest absolute Gasteiger partial charge is 0.240 e. The van der Waals surface area contributed by atoms with Crippen LogP contribution in [0.25, 0.3) is 0 Å². The molecule has 6 nitrogen and oxygen atoms in total. The van der Waals surface area contributed by atoms with Crippen molar-refractivity contribution in [1.82, 2.24) is 9.55 Å². The number of imidazole rings is 1. The Labute approximate surface area is 181 Å². The van der Waals surface area contributed by atoms with Crippen LogP contribution in [0.3, 0.4) is 0 Å². The van der Waals surface area contributed by atoms with Crippen molar-refractivity contribution in [1.29, 1.82) is 0 Å². The molecule has 31 heavy (non-hydrogen) atoms. The molecule has 0 saturated heterocycles. The van der Waals surface area contributed by atoms with E-state index in [2.05, 4.69) is 10.3 Å². The molecule has 1 N–H and O–H groups in total. The molecule has 1 aromatic heterocycles. The van der Waals surface area contributed by atoms with Gasteiger partial charge < -0.3 is 9.88 Å². The first kappa shape index (κ1) is 21.9. The summed E-state index contributed by atoms with van der Waals surface area (Å²) < 4.78 is 54.9. The van der Waals surface area contributed by atoms with Gasteiger partial charge in [0.1, 0.15) is 17.4 Å². The van der Waals surface area contributed by atoms with E-state index in [9.17, 15) is 22.0 Å². The van der Waals surface area contributed by atoms with Crippen LogP contribution in [-0.2, 0) is 14.6 Å². The number of anilines is 1. The Morgan fingerprint density at radius 3 is 2.61 bits per heavy atom. The molecule has 4 unspecified atom stereocenters. The number of sulfone groups is 1. The maximum absolute atomic E-state index is 13.8. The number of nitrogens with zero attached hydrogens (tertiary/aromatic N) is 2. The van der Waals surface area contributed by atoms with Crippen molar-refractivity contribution in [2.24, 2.45) is 17.8 Å². The number of hydrogen-bond donors (Lipinski definition) is 1. The predicted molar refractivity (Wildman–Crippen MR) is 112 cm³/mol. The van der Waals surface area contributed by atoms with Crippen LogP contribution in [0.4, 0.5) is 14.5 Å². The summed E-state index contributed by atoms with van der Waals surface area (Å²) in [4.78, 5) is 16.7. The number of amides is 1. The quantitative estimate of drug-likeness (QED) is 0.714. The monoisotopic (exact) mass is 451 g/mol. The van der Waals surface area contributed by atoms with Gasteiger partial charge in [-0.2, -0.15) is 0 Å². The number of carbonyl (C=O) groups excluding carboxylic acids is 1. The van der Waals surface area contributed by atoms with Gasteiger partial charge in [-0.1, -0.05) is 6.42 Å². The maximum atomic E-state index is 13.8. The fraction of sp³-hybridized carbons (Fsp3) is 0.545. The third-order valence-electron chi connectivity index (χ3n) is 6.98. The Kier molecular flexibility index (Phi) is 5.66. The van der Waals surface area contributed by atoms with Gasteiger partial charge >= 0.3 is 0 Å². The third-order valence-corrected chi connectivity index (χ3v) is 8.47. The van der Waals surface area contributed by atoms with Crippen molar-refractivity contribution in [3.8, 4) is 0 Å². The van der Waals surface area contributed by atoms with Gasteiger partial charge in [-0.3, -0.25) is 4.79 Å². The summed E-state index contributed by atoms with van der Waals surface area (Å²) in [6.45, 7) is 5.64. The van der Waals surface area contributed by atoms with Crippen LogP contribution in [0.1, 0.15) is 50.0 Å². The zero-order valence-corrected chi connectivity index (χ0v) is 18.7. The van der Waals surface area contributed by atoms with Gasteiger partial charge in [0.05, 0.1) is 11.4 Å². The molecule has 2 aliphatic rings. The lowest BCUT2D eigenvalue weighted by atomic mass is 9.84. The zero-order valence-electron chi connectivity index (χ0n) is 17.9. The average molecular weight is 452 g/mol. The summed E-state index contributed by atoms with van der Waals surface area (Å²) >= 11 is 0. The van der Waals surface area contributed by atoms with Crippen LogP contribution in [0.5, 0.6) is 0 Å². The van der Waals surface area contributed by atoms with Gasteiger partial charge in [0.2, 0.25) is 20.9 Å². The molecule has 1 amide bonds. The molecule has 2 fully saturated rings. The lowest BCUT2D eigenvalue weighted by Crippen LogP contribution is -2.29. The van der Waals surface area contributed by atoms with E-state index in [1.54, 1.807) is 11.5 Å². The van der Waals surface area contributed by atoms with E-state index in [-0.39, 0.29) is 16.9 Å². The van der Waals surface area contributed by atoms with Crippen molar-refractivity contribution in [3.63, 3.8) is 0 Å². The summed E-state index contributed by atoms with van der Waals surface area (Å²) in [5, 5.41) is 2.10. The maximum Gasteiger partial charge on any atom is 0.240 e. The van der Waals surface area contributed by atoms with Gasteiger partial charge in [0, 0.05) is 17.8 Å². The van der Waals surface area contributed by atoms with Crippen molar-refractivity contribution in [2.75, 3.05) is 11.1 Å². The van der Waals surface area contributed by atoms with E-state index in [0.717, 1.165) is 30.2 Å². The lowest BCUT2D eigenvalue weighted by molar-refractivity contribution is -0.113. The molecule has 1 aromatic carbocycles. The molecule has 1 heterocycles. The Morgan fingerprint density at radius 1 is 1.26 bits per heavy atom. The van der Waals surface area contributed by atoms with E-state index in [1.165, 1.54) is 19.3 Å². The van der Waals surface area contributed by atoms with Gasteiger partial charge in [-0.15, -0.1) is 0 Å². The second kappa shape index (κ2) is 8.00. The highest BCUT2D eigenvalue weighted by Crippen LogP contribution is 2.52. The second-order valence-electron chi connectivity index (χ2n) is 8.95. The molecule has 0 spiro atoms. The summed E-state index contributed by atoms with van der Waals surface area (Å²) in [7, 11) is -4.08. The Bertz CT molecular complexity index is 1130. The number of aryl methyl sites for hydroxylation is 1. The normalized spacial score (nSPS) is 23.8. The van der Waals surface area contributed by atoms with Crippen molar-refractivity contribution in [3.05, 3.63) is 41.2 Å². The van der Waals surface area contributed by atoms with Gasteiger partial charge in [-0.05, 0) is 69.9 Å². The SMILES string of the molecule is Cc1nc(S(=O)(=O)CC(=O)Nc2ccc(F)cc2F)n(C(C)C2CC3CCC2C3)c1C. The second-order valence-corrected chi connectivity index (χ2v) is 10.8. The van der Waals surface area contributed by atoms with Crippen molar-refractivity contribution < 1.29 is 22.0 Å². The first-order valence-electron chi connectivity index (χ1n) is 10.6. The third kappa shape index (κ3) is 4.12. The van der Waals surface area contributed by atoms with Gasteiger partial charge in [-0.25, -0.2) is 22.2 Å². The predicted octanol–water partition coefficient (Wildman–Crippen LogP) is 4.19. The first-order chi connectivity index (χ1) is 14.6. The number of carbonyl (C=O) groups is 1. The number of benzene rings is 1. The van der Waals surface area contributed by atoms with Crippen LogP contribution < -0.4 is 5.32 Å². The average Bonchev–Trinajstić information content (AvgIpc) is 3.39. The van der Waals surface area contributed by atoms with E-state index < -0.39 is 33.1 Å². The number of fused-ring (bicyclic) bond motifs is 2. The standard InChI is InChI=1S/C22H27F2N3O3S/c1-12-13(2)27(14(3)18-9-15-4-5-16(18)8-15)22(25-12)31(29,30)11-21(28)26-20-7-6-17(23)10-19(20)24/h6-7,10,14-16,18H,4-5,8-9,11H2,1-3H3,(H,26,28). The molecular formula is C22H27F2N3O3S. The number of halogens is 2. The minimum absolute atomic E-state index is 0.0427. The highest BCUT2D eigenvalue weighted by molar-refractivity contribution is 7.92. The fourth-order valence-corrected chi connectivity index (χ4v) is 6.81. The highest BCUT2D eigenvalue weighted by atomic mass is 32.2. The van der Waals surface area contributed by atoms with Gasteiger partial charge in [0.25, 0.3) is 0 Å². The molecular weight excluding hydrogens is 424 g/mol. The Hall–Kier alpha value is -2.29. The number of nitrogens with one attached hydrogen (secondary N) is 1. The number of hydrogen-bond acceptors (Lipinski definition) is 4. The summed E-state index contributed by atoms with van der Waals surface area (Å²) in [6.07, 6.45) is 4.73. The van der Waals surface area contributed by atoms with Crippen molar-refractivity contribution in [2.45, 2.75) is 57.7 Å². The number of rotatable bonds is 6. The summed E-state index contributed by atoms with van der Waals surface area (Å²) in [5.74, 6) is -1.82. The van der Waals surface area contributed by atoms with Crippen molar-refractivity contribution >= 4 is 21.4 Å². The van der Waals surface area contributed by atoms with Crippen LogP contribution in [0.2, 0.25) is 0 Å². The minimum atomic E-state index is -4.08. The zero-order chi connectivity index (χ0) is 22.5. The van der Waals surface area contributed by atoms with Crippen LogP contribution >= 0.6 is 0 Å². The molecule has 0 radical (unpaired) electrons. The Morgan fingerprint density at radius 2 is 2.00 bits per heavy atom. The molecule has 2 bridgehead atoms. The molecule has 2 aliphatic carbocycles. The molecule has 168 valence electrons. The Balaban J connectivity index is 1.58. The molecule has 2 aromatic rings. The van der Waals surface area contributed by atoms with Crippen LogP contribution in [-0.4, -0.2) is 29.6 Å². The summed E-state index contributed by atoms with van der Waals surface area (Å²) in [5.41, 5.74) is 1.12. The minimum Gasteiger partial charge on any atom is -0.323 e. The van der Waals surface area contributed by atoms with Gasteiger partial charge in [0.15, 0.2) is 0 Å². The highest BCUT2D eigenvalue weighted by Gasteiger charge is 2.43. The molecule has 4 atom stereocenters. The largest absolute Gasteiger partial charge is 0.323 e. The van der Waals surface area contributed by atoms with E-state index in [0.29, 0.717) is 23.6 Å². The summed E-state index contributed by atoms with van der Waals surface area (Å²) in [6, 6.07) is 2.63.